The van der Waals surface area contributed by atoms with E-state index in [0.29, 0.717) is 28.2 Å². The fourth-order valence-corrected chi connectivity index (χ4v) is 3.96. The third-order valence-electron chi connectivity index (χ3n) is 5.60. The molecule has 1 aliphatic rings. The summed E-state index contributed by atoms with van der Waals surface area (Å²) in [6.45, 7) is 1.35. The molecular formula is C21H18F6N4O3. The summed E-state index contributed by atoms with van der Waals surface area (Å²) in [6, 6.07) is 5.27. The van der Waals surface area contributed by atoms with E-state index in [9.17, 15) is 41.3 Å². The summed E-state index contributed by atoms with van der Waals surface area (Å²) in [5, 5.41) is 19.5. The van der Waals surface area contributed by atoms with Crippen LogP contribution in [0.3, 0.4) is 0 Å². The molecule has 0 aromatic heterocycles. The largest absolute Gasteiger partial charge is 0.416 e. The molecule has 2 aromatic rings. The third kappa shape index (κ3) is 4.60. The van der Waals surface area contributed by atoms with Gasteiger partial charge in [0.25, 0.3) is 11.6 Å². The molecule has 3 rings (SSSR count). The average molecular weight is 488 g/mol. The van der Waals surface area contributed by atoms with Crippen LogP contribution in [0.1, 0.15) is 28.4 Å². The Hall–Kier alpha value is -3.48. The second kappa shape index (κ2) is 8.70. The lowest BCUT2D eigenvalue weighted by Gasteiger charge is -2.46. The number of carbonyl (C=O) groups is 1. The van der Waals surface area contributed by atoms with Crippen LogP contribution < -0.4 is 0 Å². The summed E-state index contributed by atoms with van der Waals surface area (Å²) >= 11 is 0. The Morgan fingerprint density at radius 3 is 2.24 bits per heavy atom. The molecule has 0 aliphatic carbocycles. The minimum atomic E-state index is -5.09. The van der Waals surface area contributed by atoms with E-state index in [1.54, 1.807) is 31.2 Å². The molecule has 1 saturated heterocycles. The first-order valence-electron chi connectivity index (χ1n) is 9.72. The number of carbonyl (C=O) groups excluding carboxylic acids is 1. The van der Waals surface area contributed by atoms with Crippen molar-refractivity contribution in [1.82, 2.24) is 9.80 Å². The molecule has 1 heterocycles. The Morgan fingerprint density at radius 1 is 1.09 bits per heavy atom. The number of benzene rings is 2. The lowest BCUT2D eigenvalue weighted by atomic mass is 9.96. The van der Waals surface area contributed by atoms with Gasteiger partial charge in [-0.05, 0) is 37.2 Å². The maximum absolute atomic E-state index is 13.8. The van der Waals surface area contributed by atoms with E-state index < -0.39 is 57.9 Å². The summed E-state index contributed by atoms with van der Waals surface area (Å²) in [6.07, 6.45) is -11.8. The van der Waals surface area contributed by atoms with Crippen molar-refractivity contribution in [2.45, 2.75) is 38.0 Å². The second-order valence-electron chi connectivity index (χ2n) is 7.78. The minimum Gasteiger partial charge on any atom is -0.313 e. The van der Waals surface area contributed by atoms with Crippen molar-refractivity contribution in [3.8, 4) is 0 Å². The predicted octanol–water partition coefficient (Wildman–Crippen LogP) is 4.85. The van der Waals surface area contributed by atoms with Gasteiger partial charge in [0.2, 0.25) is 0 Å². The molecule has 0 radical (unpaired) electrons. The highest BCUT2D eigenvalue weighted by Crippen LogP contribution is 2.42. The Balaban J connectivity index is 2.23. The summed E-state index contributed by atoms with van der Waals surface area (Å²) in [5.74, 6) is -1.33. The van der Waals surface area contributed by atoms with Gasteiger partial charge in [-0.25, -0.2) is 0 Å². The number of hydrogen-bond acceptors (Lipinski definition) is 5. The van der Waals surface area contributed by atoms with Crippen molar-refractivity contribution in [2.24, 2.45) is 0 Å². The maximum Gasteiger partial charge on any atom is 0.416 e. The first kappa shape index (κ1) is 25.1. The number of nitro benzene ring substituents is 1. The van der Waals surface area contributed by atoms with E-state index >= 15 is 0 Å². The van der Waals surface area contributed by atoms with Crippen LogP contribution in [-0.4, -0.2) is 45.6 Å². The number of rotatable bonds is 4. The number of aryl methyl sites for hydroxylation is 1. The summed E-state index contributed by atoms with van der Waals surface area (Å²) < 4.78 is 80.7. The molecule has 0 bridgehead atoms. The van der Waals surface area contributed by atoms with Crippen LogP contribution >= 0.6 is 0 Å². The molecule has 1 amide bonds. The van der Waals surface area contributed by atoms with E-state index in [1.165, 1.54) is 0 Å². The molecule has 7 nitrogen and oxygen atoms in total. The van der Waals surface area contributed by atoms with Gasteiger partial charge in [0.05, 0.1) is 16.1 Å². The van der Waals surface area contributed by atoms with Gasteiger partial charge >= 0.3 is 12.4 Å². The molecule has 0 spiro atoms. The SMILES string of the molecule is Cc1ccccc1CN1C(=O)C(=N)C(C(F)(F)F)N(C)C1c1ccc(C(F)(F)F)cc1[N+](=O)[O-]. The lowest BCUT2D eigenvalue weighted by Crippen LogP contribution is -2.63. The number of nitrogens with one attached hydrogen (secondary N) is 1. The van der Waals surface area contributed by atoms with Gasteiger partial charge in [0, 0.05) is 12.6 Å². The van der Waals surface area contributed by atoms with Crippen LogP contribution in [0.2, 0.25) is 0 Å². The van der Waals surface area contributed by atoms with Crippen LogP contribution in [0.4, 0.5) is 32.0 Å². The maximum atomic E-state index is 13.8. The molecule has 182 valence electrons. The summed E-state index contributed by atoms with van der Waals surface area (Å²) in [7, 11) is 0.913. The van der Waals surface area contributed by atoms with Crippen LogP contribution in [-0.2, 0) is 17.5 Å². The van der Waals surface area contributed by atoms with Gasteiger partial charge < -0.3 is 4.90 Å². The number of nitro groups is 1. The Morgan fingerprint density at radius 2 is 1.71 bits per heavy atom. The van der Waals surface area contributed by atoms with Gasteiger partial charge in [0.1, 0.15) is 11.9 Å². The number of hydrogen-bond donors (Lipinski definition) is 1. The van der Waals surface area contributed by atoms with E-state index in [4.69, 9.17) is 5.41 Å². The Labute approximate surface area is 189 Å². The quantitative estimate of drug-likeness (QED) is 0.379. The van der Waals surface area contributed by atoms with Crippen molar-refractivity contribution in [1.29, 1.82) is 5.41 Å². The van der Waals surface area contributed by atoms with Crippen molar-refractivity contribution in [3.05, 3.63) is 74.8 Å². The van der Waals surface area contributed by atoms with E-state index in [-0.39, 0.29) is 12.6 Å². The van der Waals surface area contributed by atoms with Crippen LogP contribution in [0.15, 0.2) is 42.5 Å². The molecule has 2 atom stereocenters. The van der Waals surface area contributed by atoms with Crippen LogP contribution in [0.25, 0.3) is 0 Å². The highest BCUT2D eigenvalue weighted by molar-refractivity contribution is 6.40. The van der Waals surface area contributed by atoms with E-state index in [1.807, 2.05) is 0 Å². The first-order chi connectivity index (χ1) is 15.6. The molecule has 2 unspecified atom stereocenters. The third-order valence-corrected chi connectivity index (χ3v) is 5.60. The number of amides is 1. The monoisotopic (exact) mass is 488 g/mol. The van der Waals surface area contributed by atoms with Gasteiger partial charge in [-0.1, -0.05) is 24.3 Å². The van der Waals surface area contributed by atoms with Gasteiger partial charge in [-0.3, -0.25) is 25.2 Å². The van der Waals surface area contributed by atoms with Crippen LogP contribution in [0, 0.1) is 22.4 Å². The molecular weight excluding hydrogens is 470 g/mol. The minimum absolute atomic E-state index is 0.224. The fraction of sp³-hybridized carbons (Fsp3) is 0.333. The lowest BCUT2D eigenvalue weighted by molar-refractivity contribution is -0.386. The summed E-state index contributed by atoms with van der Waals surface area (Å²) in [4.78, 5) is 24.8. The number of nitrogens with zero attached hydrogens (tertiary/aromatic N) is 3. The predicted molar refractivity (Wildman–Crippen MR) is 108 cm³/mol. The molecule has 1 fully saturated rings. The van der Waals surface area contributed by atoms with Crippen molar-refractivity contribution >= 4 is 17.3 Å². The van der Waals surface area contributed by atoms with Crippen molar-refractivity contribution in [3.63, 3.8) is 0 Å². The van der Waals surface area contributed by atoms with Crippen LogP contribution in [0.5, 0.6) is 0 Å². The zero-order valence-electron chi connectivity index (χ0n) is 17.7. The molecule has 2 aromatic carbocycles. The molecule has 13 heteroatoms. The number of alkyl halides is 6. The van der Waals surface area contributed by atoms with E-state index in [0.717, 1.165) is 11.9 Å². The van der Waals surface area contributed by atoms with Crippen molar-refractivity contribution < 1.29 is 36.1 Å². The summed E-state index contributed by atoms with van der Waals surface area (Å²) in [5.41, 5.74) is -3.15. The van der Waals surface area contributed by atoms with Crippen molar-refractivity contribution in [2.75, 3.05) is 7.05 Å². The molecule has 0 saturated carbocycles. The average Bonchev–Trinajstić information content (AvgIpc) is 2.71. The highest BCUT2D eigenvalue weighted by Gasteiger charge is 2.55. The molecule has 34 heavy (non-hydrogen) atoms. The zero-order chi connectivity index (χ0) is 25.6. The zero-order valence-corrected chi connectivity index (χ0v) is 17.7. The Bertz CT molecular complexity index is 1150. The Kier molecular flexibility index (Phi) is 6.44. The molecule has 1 aliphatic heterocycles. The van der Waals surface area contributed by atoms with Gasteiger partial charge in [-0.2, -0.15) is 26.3 Å². The standard InChI is InChI=1S/C21H18F6N4O3/c1-11-5-3-4-6-12(11)10-30-18(29(2)17(21(25,26)27)16(28)19(30)32)14-8-7-13(20(22,23)24)9-15(14)31(33)34/h3-9,17-18,28H,10H2,1-2H3. The highest BCUT2D eigenvalue weighted by atomic mass is 19.4. The second-order valence-corrected chi connectivity index (χ2v) is 7.78. The first-order valence-corrected chi connectivity index (χ1v) is 9.72. The number of halogens is 6. The fourth-order valence-electron chi connectivity index (χ4n) is 3.96. The van der Waals surface area contributed by atoms with Gasteiger partial charge in [-0.15, -0.1) is 0 Å². The normalized spacial score (nSPS) is 20.1. The smallest absolute Gasteiger partial charge is 0.313 e. The van der Waals surface area contributed by atoms with E-state index in [2.05, 4.69) is 0 Å². The van der Waals surface area contributed by atoms with Gasteiger partial charge in [0.15, 0.2) is 6.04 Å². The topological polar surface area (TPSA) is 90.5 Å². The molecule has 1 N–H and O–H groups in total.